The number of benzene rings is 1. The minimum Gasteiger partial charge on any atom is -0.212 e. The van der Waals surface area contributed by atoms with E-state index >= 15 is 0 Å². The van der Waals surface area contributed by atoms with Crippen LogP contribution in [0.15, 0.2) is 24.3 Å². The topological polar surface area (TPSA) is 46.2 Å². The molecule has 0 aromatic heterocycles. The lowest BCUT2D eigenvalue weighted by Gasteiger charge is -2.13. The van der Waals surface area contributed by atoms with Crippen LogP contribution in [0.3, 0.4) is 0 Å². The molecular formula is C10H14ClNO2S. The molecule has 5 heteroatoms. The molecule has 0 aliphatic heterocycles. The molecule has 1 unspecified atom stereocenters. The maximum absolute atomic E-state index is 11.3. The first-order chi connectivity index (χ1) is 6.94. The maximum Gasteiger partial charge on any atom is 0.211 e. The van der Waals surface area contributed by atoms with E-state index in [2.05, 4.69) is 4.72 Å². The van der Waals surface area contributed by atoms with Gasteiger partial charge in [-0.2, -0.15) is 0 Å². The van der Waals surface area contributed by atoms with Crippen LogP contribution in [0.2, 0.25) is 5.02 Å². The number of sulfonamides is 1. The summed E-state index contributed by atoms with van der Waals surface area (Å²) in [7, 11) is -3.16. The summed E-state index contributed by atoms with van der Waals surface area (Å²) in [6.45, 7) is 3.41. The van der Waals surface area contributed by atoms with Gasteiger partial charge in [0.25, 0.3) is 0 Å². The smallest absolute Gasteiger partial charge is 0.211 e. The minimum atomic E-state index is -3.16. The molecule has 0 spiro atoms. The highest BCUT2D eigenvalue weighted by Gasteiger charge is 2.12. The molecule has 0 radical (unpaired) electrons. The summed E-state index contributed by atoms with van der Waals surface area (Å²) in [4.78, 5) is 0. The lowest BCUT2D eigenvalue weighted by Crippen LogP contribution is -2.28. The van der Waals surface area contributed by atoms with Gasteiger partial charge in [0.15, 0.2) is 0 Å². The Balaban J connectivity index is 2.78. The second kappa shape index (κ2) is 4.96. The van der Waals surface area contributed by atoms with Crippen molar-refractivity contribution in [2.45, 2.75) is 19.9 Å². The van der Waals surface area contributed by atoms with Crippen LogP contribution in [0, 0.1) is 0 Å². The van der Waals surface area contributed by atoms with Crippen molar-refractivity contribution in [3.8, 4) is 0 Å². The molecule has 0 bridgehead atoms. The SMILES string of the molecule is CCS(=O)(=O)NC(C)c1ccc(Cl)cc1. The predicted molar refractivity (Wildman–Crippen MR) is 62.5 cm³/mol. The third-order valence-electron chi connectivity index (χ3n) is 2.11. The van der Waals surface area contributed by atoms with E-state index in [9.17, 15) is 8.42 Å². The number of rotatable bonds is 4. The molecular weight excluding hydrogens is 234 g/mol. The first-order valence-corrected chi connectivity index (χ1v) is 6.73. The fraction of sp³-hybridized carbons (Fsp3) is 0.400. The average Bonchev–Trinajstić information content (AvgIpc) is 2.18. The van der Waals surface area contributed by atoms with Gasteiger partial charge >= 0.3 is 0 Å². The van der Waals surface area contributed by atoms with Gasteiger partial charge in [-0.1, -0.05) is 23.7 Å². The van der Waals surface area contributed by atoms with Crippen molar-refractivity contribution in [2.75, 3.05) is 5.75 Å². The van der Waals surface area contributed by atoms with E-state index in [0.717, 1.165) is 5.56 Å². The molecule has 1 N–H and O–H groups in total. The van der Waals surface area contributed by atoms with Crippen LogP contribution < -0.4 is 4.72 Å². The predicted octanol–water partition coefficient (Wildman–Crippen LogP) is 2.34. The number of halogens is 1. The molecule has 1 rings (SSSR count). The summed E-state index contributed by atoms with van der Waals surface area (Å²) in [5.41, 5.74) is 0.899. The van der Waals surface area contributed by atoms with Crippen molar-refractivity contribution in [2.24, 2.45) is 0 Å². The zero-order valence-corrected chi connectivity index (χ0v) is 10.3. The molecule has 0 saturated carbocycles. The molecule has 15 heavy (non-hydrogen) atoms. The van der Waals surface area contributed by atoms with E-state index in [1.165, 1.54) is 0 Å². The molecule has 84 valence electrons. The Morgan fingerprint density at radius 1 is 1.33 bits per heavy atom. The molecule has 0 heterocycles. The Morgan fingerprint density at radius 2 is 1.87 bits per heavy atom. The largest absolute Gasteiger partial charge is 0.212 e. The van der Waals surface area contributed by atoms with Gasteiger partial charge in [-0.15, -0.1) is 0 Å². The van der Waals surface area contributed by atoms with Crippen LogP contribution in [-0.4, -0.2) is 14.2 Å². The van der Waals surface area contributed by atoms with Crippen molar-refractivity contribution >= 4 is 21.6 Å². The zero-order valence-electron chi connectivity index (χ0n) is 8.70. The first-order valence-electron chi connectivity index (χ1n) is 4.70. The third kappa shape index (κ3) is 3.81. The second-order valence-electron chi connectivity index (χ2n) is 3.29. The van der Waals surface area contributed by atoms with Gasteiger partial charge in [-0.25, -0.2) is 13.1 Å². The van der Waals surface area contributed by atoms with E-state index < -0.39 is 10.0 Å². The Morgan fingerprint density at radius 3 is 2.33 bits per heavy atom. The second-order valence-corrected chi connectivity index (χ2v) is 5.77. The van der Waals surface area contributed by atoms with Crippen molar-refractivity contribution in [3.05, 3.63) is 34.9 Å². The monoisotopic (exact) mass is 247 g/mol. The Kier molecular flexibility index (Phi) is 4.13. The maximum atomic E-state index is 11.3. The van der Waals surface area contributed by atoms with Crippen LogP contribution in [0.1, 0.15) is 25.5 Å². The Bertz CT molecular complexity index is 414. The highest BCUT2D eigenvalue weighted by atomic mass is 35.5. The Hall–Kier alpha value is -0.580. The van der Waals surface area contributed by atoms with Gasteiger partial charge in [0, 0.05) is 11.1 Å². The minimum absolute atomic E-state index is 0.0882. The van der Waals surface area contributed by atoms with E-state index in [-0.39, 0.29) is 11.8 Å². The van der Waals surface area contributed by atoms with Crippen molar-refractivity contribution in [1.82, 2.24) is 4.72 Å². The zero-order chi connectivity index (χ0) is 11.5. The van der Waals surface area contributed by atoms with Crippen molar-refractivity contribution < 1.29 is 8.42 Å². The van der Waals surface area contributed by atoms with Gasteiger partial charge in [0.05, 0.1) is 5.75 Å². The van der Waals surface area contributed by atoms with Gasteiger partial charge in [-0.3, -0.25) is 0 Å². The average molecular weight is 248 g/mol. The summed E-state index contributed by atoms with van der Waals surface area (Å²) in [6, 6.07) is 6.88. The number of hydrogen-bond donors (Lipinski definition) is 1. The summed E-state index contributed by atoms with van der Waals surface area (Å²) in [5, 5.41) is 0.643. The molecule has 0 saturated heterocycles. The third-order valence-corrected chi connectivity index (χ3v) is 3.83. The molecule has 0 aliphatic carbocycles. The fourth-order valence-corrected chi connectivity index (χ4v) is 2.14. The summed E-state index contributed by atoms with van der Waals surface area (Å²) in [6.07, 6.45) is 0. The molecule has 0 amide bonds. The van der Waals surface area contributed by atoms with Crippen LogP contribution in [0.4, 0.5) is 0 Å². The van der Waals surface area contributed by atoms with E-state index in [4.69, 9.17) is 11.6 Å². The summed E-state index contributed by atoms with van der Waals surface area (Å²) >= 11 is 5.74. The molecule has 1 atom stereocenters. The highest BCUT2D eigenvalue weighted by molar-refractivity contribution is 7.89. The van der Waals surface area contributed by atoms with E-state index in [0.29, 0.717) is 5.02 Å². The van der Waals surface area contributed by atoms with Crippen LogP contribution >= 0.6 is 11.6 Å². The first kappa shape index (κ1) is 12.5. The highest BCUT2D eigenvalue weighted by Crippen LogP contribution is 2.16. The van der Waals surface area contributed by atoms with Gasteiger partial charge in [-0.05, 0) is 31.5 Å². The van der Waals surface area contributed by atoms with Gasteiger partial charge in [0.2, 0.25) is 10.0 Å². The van der Waals surface area contributed by atoms with Gasteiger partial charge in [0.1, 0.15) is 0 Å². The van der Waals surface area contributed by atoms with Crippen molar-refractivity contribution in [3.63, 3.8) is 0 Å². The van der Waals surface area contributed by atoms with Crippen LogP contribution in [0.5, 0.6) is 0 Å². The normalized spacial score (nSPS) is 13.8. The molecule has 1 aromatic rings. The molecule has 3 nitrogen and oxygen atoms in total. The standard InChI is InChI=1S/C10H14ClNO2S/c1-3-15(13,14)12-8(2)9-4-6-10(11)7-5-9/h4-8,12H,3H2,1-2H3. The van der Waals surface area contributed by atoms with Crippen LogP contribution in [0.25, 0.3) is 0 Å². The lowest BCUT2D eigenvalue weighted by molar-refractivity contribution is 0.568. The number of nitrogens with one attached hydrogen (secondary N) is 1. The lowest BCUT2D eigenvalue weighted by atomic mass is 10.1. The van der Waals surface area contributed by atoms with E-state index in [1.54, 1.807) is 26.0 Å². The van der Waals surface area contributed by atoms with Crippen LogP contribution in [-0.2, 0) is 10.0 Å². The summed E-state index contributed by atoms with van der Waals surface area (Å²) in [5.74, 6) is 0.0882. The van der Waals surface area contributed by atoms with E-state index in [1.807, 2.05) is 12.1 Å². The molecule has 0 fully saturated rings. The fourth-order valence-electron chi connectivity index (χ4n) is 1.17. The summed E-state index contributed by atoms with van der Waals surface area (Å²) < 4.78 is 25.2. The van der Waals surface area contributed by atoms with Crippen molar-refractivity contribution in [1.29, 1.82) is 0 Å². The Labute approximate surface area is 95.5 Å². The quantitative estimate of drug-likeness (QED) is 0.888. The van der Waals surface area contributed by atoms with Gasteiger partial charge < -0.3 is 0 Å². The number of hydrogen-bond acceptors (Lipinski definition) is 2. The molecule has 0 aliphatic rings. The molecule has 1 aromatic carbocycles.